The van der Waals surface area contributed by atoms with Crippen molar-refractivity contribution in [2.24, 2.45) is 0 Å². The molecule has 1 aliphatic heterocycles. The molecule has 7 atom stereocenters. The molecule has 1 rings (SSSR count). The van der Waals surface area contributed by atoms with Crippen LogP contribution in [0.1, 0.15) is 232 Å². The van der Waals surface area contributed by atoms with Crippen LogP contribution in [0.5, 0.6) is 0 Å². The first-order valence-corrected chi connectivity index (χ1v) is 30.3. The molecule has 428 valence electrons. The van der Waals surface area contributed by atoms with Crippen molar-refractivity contribution in [2.45, 2.75) is 275 Å². The highest BCUT2D eigenvalue weighted by molar-refractivity contribution is 5.76. The van der Waals surface area contributed by atoms with Gasteiger partial charge >= 0.3 is 0 Å². The summed E-state index contributed by atoms with van der Waals surface area (Å²) in [5.41, 5.74) is 0. The predicted molar refractivity (Wildman–Crippen MR) is 317 cm³/mol. The number of carbonyl (C=O) groups is 1. The van der Waals surface area contributed by atoms with E-state index in [1.54, 1.807) is 6.08 Å². The van der Waals surface area contributed by atoms with E-state index in [1.807, 2.05) is 6.08 Å². The summed E-state index contributed by atoms with van der Waals surface area (Å²) in [6, 6.07) is -0.838. The monoisotopic (exact) mass is 1050 g/mol. The first kappa shape index (κ1) is 69.6. The molecule has 1 fully saturated rings. The third kappa shape index (κ3) is 43.3. The van der Waals surface area contributed by atoms with Gasteiger partial charge in [-0.15, -0.1) is 0 Å². The number of ether oxygens (including phenoxy) is 2. The van der Waals surface area contributed by atoms with Gasteiger partial charge in [-0.2, -0.15) is 0 Å². The fourth-order valence-corrected chi connectivity index (χ4v) is 8.76. The molecule has 0 aromatic heterocycles. The van der Waals surface area contributed by atoms with Gasteiger partial charge in [-0.25, -0.2) is 0 Å². The molecule has 6 N–H and O–H groups in total. The van der Waals surface area contributed by atoms with Crippen molar-refractivity contribution < 1.29 is 39.8 Å². The highest BCUT2D eigenvalue weighted by atomic mass is 16.7. The van der Waals surface area contributed by atoms with Crippen molar-refractivity contribution >= 4 is 5.91 Å². The zero-order valence-corrected chi connectivity index (χ0v) is 47.5. The van der Waals surface area contributed by atoms with Gasteiger partial charge in [0.05, 0.1) is 25.4 Å². The van der Waals surface area contributed by atoms with Gasteiger partial charge in [-0.05, 0) is 103 Å². The van der Waals surface area contributed by atoms with E-state index < -0.39 is 49.5 Å². The van der Waals surface area contributed by atoms with Gasteiger partial charge in [-0.3, -0.25) is 4.79 Å². The lowest BCUT2D eigenvalue weighted by molar-refractivity contribution is -0.302. The van der Waals surface area contributed by atoms with E-state index in [-0.39, 0.29) is 12.5 Å². The van der Waals surface area contributed by atoms with E-state index in [0.29, 0.717) is 6.42 Å². The van der Waals surface area contributed by atoms with Gasteiger partial charge in [0.15, 0.2) is 6.29 Å². The van der Waals surface area contributed by atoms with Crippen molar-refractivity contribution in [3.63, 3.8) is 0 Å². The van der Waals surface area contributed by atoms with Crippen LogP contribution in [0.15, 0.2) is 122 Å². The molecule has 1 saturated heterocycles. The highest BCUT2D eigenvalue weighted by Gasteiger charge is 2.44. The Morgan fingerprint density at radius 1 is 0.467 bits per heavy atom. The Bertz CT molecular complexity index is 1590. The smallest absolute Gasteiger partial charge is 0.220 e. The number of rotatable bonds is 50. The molecule has 0 aromatic rings. The van der Waals surface area contributed by atoms with E-state index in [9.17, 15) is 30.3 Å². The maximum atomic E-state index is 13.1. The summed E-state index contributed by atoms with van der Waals surface area (Å²) in [4.78, 5) is 13.1. The molecule has 0 aliphatic carbocycles. The molecule has 0 radical (unpaired) electrons. The number of nitrogens with one attached hydrogen (secondary N) is 1. The molecule has 1 amide bonds. The Morgan fingerprint density at radius 3 is 1.28 bits per heavy atom. The third-order valence-electron chi connectivity index (χ3n) is 13.5. The van der Waals surface area contributed by atoms with Crippen molar-refractivity contribution in [2.75, 3.05) is 13.2 Å². The second-order valence-corrected chi connectivity index (χ2v) is 20.4. The summed E-state index contributed by atoms with van der Waals surface area (Å²) in [7, 11) is 0. The normalized spacial score (nSPS) is 19.8. The van der Waals surface area contributed by atoms with Crippen LogP contribution in [-0.2, 0) is 14.3 Å². The topological polar surface area (TPSA) is 149 Å². The molecular weight excluding hydrogens is 935 g/mol. The lowest BCUT2D eigenvalue weighted by Gasteiger charge is -2.40. The van der Waals surface area contributed by atoms with Crippen LogP contribution in [0, 0.1) is 0 Å². The number of aliphatic hydroxyl groups excluding tert-OH is 5. The Kier molecular flexibility index (Phi) is 50.1. The van der Waals surface area contributed by atoms with E-state index >= 15 is 0 Å². The van der Waals surface area contributed by atoms with Gasteiger partial charge in [0.2, 0.25) is 5.91 Å². The quantitative estimate of drug-likeness (QED) is 0.0261. The van der Waals surface area contributed by atoms with Crippen LogP contribution >= 0.6 is 0 Å². The average molecular weight is 1050 g/mol. The van der Waals surface area contributed by atoms with Crippen LogP contribution in [-0.4, -0.2) is 87.5 Å². The fourth-order valence-electron chi connectivity index (χ4n) is 8.76. The van der Waals surface area contributed by atoms with Crippen LogP contribution < -0.4 is 5.32 Å². The van der Waals surface area contributed by atoms with Crippen LogP contribution in [0.25, 0.3) is 0 Å². The minimum atomic E-state index is -1.58. The lowest BCUT2D eigenvalue weighted by atomic mass is 9.99. The number of allylic oxidation sites excluding steroid dienone is 19. The molecule has 9 nitrogen and oxygen atoms in total. The second-order valence-electron chi connectivity index (χ2n) is 20.4. The maximum Gasteiger partial charge on any atom is 0.220 e. The summed E-state index contributed by atoms with van der Waals surface area (Å²) < 4.78 is 11.3. The molecule has 9 heteroatoms. The molecule has 0 saturated carbocycles. The molecule has 7 unspecified atom stereocenters. The van der Waals surface area contributed by atoms with Crippen molar-refractivity contribution in [1.29, 1.82) is 0 Å². The Labute approximate surface area is 458 Å². The number of amides is 1. The lowest BCUT2D eigenvalue weighted by Crippen LogP contribution is -2.60. The third-order valence-corrected chi connectivity index (χ3v) is 13.5. The summed E-state index contributed by atoms with van der Waals surface area (Å²) in [5.74, 6) is -0.199. The van der Waals surface area contributed by atoms with E-state index in [4.69, 9.17) is 9.47 Å². The largest absolute Gasteiger partial charge is 0.394 e. The Morgan fingerprint density at radius 2 is 0.840 bits per heavy atom. The molecule has 0 bridgehead atoms. The van der Waals surface area contributed by atoms with Crippen molar-refractivity contribution in [3.8, 4) is 0 Å². The number of aliphatic hydroxyl groups is 5. The first-order chi connectivity index (χ1) is 36.8. The van der Waals surface area contributed by atoms with Crippen LogP contribution in [0.4, 0.5) is 0 Å². The highest BCUT2D eigenvalue weighted by Crippen LogP contribution is 2.23. The number of unbranched alkanes of at least 4 members (excludes halogenated alkanes) is 22. The zero-order chi connectivity index (χ0) is 54.3. The SMILES string of the molecule is CC/C=C\C/C=C\C/C=C\C/C=C\C/C=C\C/C=C\C/C=C\CCCCCCCCCCCCCC(=O)NC(COC1OC(CO)C(O)C(O)C1O)C(O)/C=C/CC/C=C/CC/C=C/CCCCCCCCCCC. The van der Waals surface area contributed by atoms with Gasteiger partial charge in [0.1, 0.15) is 24.4 Å². The molecular formula is C66H111NO8. The second kappa shape index (κ2) is 54.0. The maximum absolute atomic E-state index is 13.1. The van der Waals surface area contributed by atoms with Gasteiger partial charge in [0, 0.05) is 6.42 Å². The van der Waals surface area contributed by atoms with Gasteiger partial charge < -0.3 is 40.3 Å². The van der Waals surface area contributed by atoms with E-state index in [1.165, 1.54) is 103 Å². The minimum absolute atomic E-state index is 0.199. The standard InChI is InChI=1S/C66H111NO8/c1-3-5-7-9-11-13-15-17-19-21-23-24-25-26-27-28-29-30-31-32-33-34-35-36-38-40-42-44-46-48-50-52-54-56-62(70)67-59(58-74-66-65(73)64(72)63(71)61(57-68)75-66)60(69)55-53-51-49-47-45-43-41-39-37-22-20-18-16-14-12-10-8-6-4-2/h5,7,11,13,17,19,23-24,26-27,29-30,32-33,37,39,45,47,53,55,59-61,63-66,68-69,71-73H,3-4,6,8-10,12,14-16,18,20-22,25,28,31,34-36,38,40-44,46,48-52,54,56-58H2,1-2H3,(H,67,70)/b7-5-,13-11-,19-17-,24-23-,27-26-,30-29-,33-32-,39-37+,47-45+,55-53+. The summed E-state index contributed by atoms with van der Waals surface area (Å²) >= 11 is 0. The Hall–Kier alpha value is -3.41. The summed E-state index contributed by atoms with van der Waals surface area (Å²) in [6.07, 6.45) is 74.1. The van der Waals surface area contributed by atoms with Gasteiger partial charge in [0.25, 0.3) is 0 Å². The Balaban J connectivity index is 2.22. The van der Waals surface area contributed by atoms with Crippen molar-refractivity contribution in [3.05, 3.63) is 122 Å². The number of hydrogen-bond acceptors (Lipinski definition) is 8. The molecule has 0 spiro atoms. The predicted octanol–water partition coefficient (Wildman–Crippen LogP) is 15.5. The van der Waals surface area contributed by atoms with E-state index in [0.717, 1.165) is 109 Å². The minimum Gasteiger partial charge on any atom is -0.394 e. The van der Waals surface area contributed by atoms with Gasteiger partial charge in [-0.1, -0.05) is 245 Å². The zero-order valence-electron chi connectivity index (χ0n) is 47.5. The molecule has 1 heterocycles. The molecule has 1 aliphatic rings. The molecule has 0 aromatic carbocycles. The van der Waals surface area contributed by atoms with Crippen LogP contribution in [0.3, 0.4) is 0 Å². The number of hydrogen-bond donors (Lipinski definition) is 6. The fraction of sp³-hybridized carbons (Fsp3) is 0.682. The van der Waals surface area contributed by atoms with Crippen LogP contribution in [0.2, 0.25) is 0 Å². The first-order valence-electron chi connectivity index (χ1n) is 30.3. The summed E-state index contributed by atoms with van der Waals surface area (Å²) in [5, 5.41) is 54.5. The molecule has 75 heavy (non-hydrogen) atoms. The van der Waals surface area contributed by atoms with Crippen molar-refractivity contribution in [1.82, 2.24) is 5.32 Å². The summed E-state index contributed by atoms with van der Waals surface area (Å²) in [6.45, 7) is 3.64. The number of carbonyl (C=O) groups excluding carboxylic acids is 1. The van der Waals surface area contributed by atoms with E-state index in [2.05, 4.69) is 129 Å². The average Bonchev–Trinajstić information content (AvgIpc) is 3.41.